The Morgan fingerprint density at radius 3 is 2.15 bits per heavy atom. The van der Waals surface area contributed by atoms with Gasteiger partial charge >= 0.3 is 0 Å². The van der Waals surface area contributed by atoms with Crippen LogP contribution in [-0.4, -0.2) is 5.78 Å². The van der Waals surface area contributed by atoms with E-state index in [1.54, 1.807) is 0 Å². The Labute approximate surface area is 79.2 Å². The third-order valence-corrected chi connectivity index (χ3v) is 4.41. The number of rotatable bonds is 0. The zero-order valence-electron chi connectivity index (χ0n) is 7.96. The summed E-state index contributed by atoms with van der Waals surface area (Å²) in [6.07, 6.45) is 6.00. The summed E-state index contributed by atoms with van der Waals surface area (Å²) in [4.78, 5) is 11.9. The molecule has 0 radical (unpaired) electrons. The van der Waals surface area contributed by atoms with Crippen LogP contribution >= 0.6 is 0 Å². The van der Waals surface area contributed by atoms with Gasteiger partial charge in [-0.1, -0.05) is 18.6 Å². The molecule has 3 aliphatic carbocycles. The van der Waals surface area contributed by atoms with Crippen LogP contribution in [0.15, 0.2) is 12.2 Å². The summed E-state index contributed by atoms with van der Waals surface area (Å²) < 4.78 is 0. The molecule has 0 saturated heterocycles. The molecule has 0 N–H and O–H groups in total. The Balaban J connectivity index is 1.99. The van der Waals surface area contributed by atoms with E-state index in [0.29, 0.717) is 17.6 Å². The van der Waals surface area contributed by atoms with Crippen molar-refractivity contribution in [2.24, 2.45) is 23.7 Å². The third kappa shape index (κ3) is 0.905. The SMILES string of the molecule is C=C1C[C@@H]2C(=O)[C@H](C1)[C@H]1CCC[C@H]12. The number of carbonyl (C=O) groups is 1. The van der Waals surface area contributed by atoms with Crippen molar-refractivity contribution in [1.82, 2.24) is 0 Å². The van der Waals surface area contributed by atoms with Gasteiger partial charge in [-0.25, -0.2) is 0 Å². The lowest BCUT2D eigenvalue weighted by Gasteiger charge is -2.22. The molecular weight excluding hydrogens is 160 g/mol. The molecule has 2 bridgehead atoms. The van der Waals surface area contributed by atoms with E-state index in [4.69, 9.17) is 0 Å². The highest BCUT2D eigenvalue weighted by Crippen LogP contribution is 2.55. The highest BCUT2D eigenvalue weighted by atomic mass is 16.1. The summed E-state index contributed by atoms with van der Waals surface area (Å²) in [5.41, 5.74) is 1.34. The van der Waals surface area contributed by atoms with Gasteiger partial charge in [-0.3, -0.25) is 4.79 Å². The Bertz CT molecular complexity index is 255. The maximum Gasteiger partial charge on any atom is 0.140 e. The maximum atomic E-state index is 11.9. The predicted octanol–water partition coefficient (Wildman–Crippen LogP) is 2.57. The first-order valence-corrected chi connectivity index (χ1v) is 5.48. The molecule has 4 atom stereocenters. The Hall–Kier alpha value is -0.590. The second kappa shape index (κ2) is 2.46. The first-order valence-electron chi connectivity index (χ1n) is 5.48. The number of carbonyl (C=O) groups excluding carboxylic acids is 1. The highest BCUT2D eigenvalue weighted by Gasteiger charge is 2.53. The maximum absolute atomic E-state index is 11.9. The lowest BCUT2D eigenvalue weighted by atomic mass is 9.81. The fraction of sp³-hybridized carbons (Fsp3) is 0.750. The van der Waals surface area contributed by atoms with Crippen molar-refractivity contribution >= 4 is 5.78 Å². The van der Waals surface area contributed by atoms with Crippen LogP contribution in [0.1, 0.15) is 32.1 Å². The molecule has 70 valence electrons. The minimum Gasteiger partial charge on any atom is -0.299 e. The van der Waals surface area contributed by atoms with E-state index in [0.717, 1.165) is 24.7 Å². The molecule has 0 aromatic carbocycles. The summed E-state index contributed by atoms with van der Waals surface area (Å²) in [7, 11) is 0. The molecule has 0 aromatic heterocycles. The normalized spacial score (nSPS) is 48.3. The number of allylic oxidation sites excluding steroid dienone is 1. The summed E-state index contributed by atoms with van der Waals surface area (Å²) in [5.74, 6) is 2.85. The molecule has 0 unspecified atom stereocenters. The molecule has 1 nitrogen and oxygen atoms in total. The number of fused-ring (bicyclic) bond motifs is 5. The number of ketones is 1. The van der Waals surface area contributed by atoms with Crippen molar-refractivity contribution in [3.8, 4) is 0 Å². The second-order valence-electron chi connectivity index (χ2n) is 5.03. The van der Waals surface area contributed by atoms with Gasteiger partial charge in [0.05, 0.1) is 0 Å². The summed E-state index contributed by atoms with van der Waals surface area (Å²) in [6, 6.07) is 0. The van der Waals surface area contributed by atoms with Crippen LogP contribution in [0.25, 0.3) is 0 Å². The van der Waals surface area contributed by atoms with E-state index < -0.39 is 0 Å². The molecule has 0 heterocycles. The molecule has 0 aromatic rings. The van der Waals surface area contributed by atoms with Crippen LogP contribution in [0.5, 0.6) is 0 Å². The molecule has 0 amide bonds. The zero-order valence-corrected chi connectivity index (χ0v) is 7.96. The van der Waals surface area contributed by atoms with Gasteiger partial charge < -0.3 is 0 Å². The lowest BCUT2D eigenvalue weighted by molar-refractivity contribution is -0.125. The molecule has 3 rings (SSSR count). The fourth-order valence-corrected chi connectivity index (χ4v) is 3.92. The van der Waals surface area contributed by atoms with Gasteiger partial charge in [-0.2, -0.15) is 0 Å². The van der Waals surface area contributed by atoms with Gasteiger partial charge in [0.2, 0.25) is 0 Å². The van der Waals surface area contributed by atoms with Crippen molar-refractivity contribution < 1.29 is 4.79 Å². The largest absolute Gasteiger partial charge is 0.299 e. The van der Waals surface area contributed by atoms with Gasteiger partial charge in [-0.05, 0) is 37.5 Å². The predicted molar refractivity (Wildman–Crippen MR) is 51.2 cm³/mol. The van der Waals surface area contributed by atoms with Crippen molar-refractivity contribution in [1.29, 1.82) is 0 Å². The van der Waals surface area contributed by atoms with Crippen molar-refractivity contribution in [2.45, 2.75) is 32.1 Å². The monoisotopic (exact) mass is 176 g/mol. The van der Waals surface area contributed by atoms with E-state index in [1.165, 1.54) is 24.8 Å². The van der Waals surface area contributed by atoms with Gasteiger partial charge in [0.25, 0.3) is 0 Å². The smallest absolute Gasteiger partial charge is 0.140 e. The van der Waals surface area contributed by atoms with E-state index >= 15 is 0 Å². The number of hydrogen-bond acceptors (Lipinski definition) is 1. The Morgan fingerprint density at radius 2 is 1.62 bits per heavy atom. The molecule has 13 heavy (non-hydrogen) atoms. The Kier molecular flexibility index (Phi) is 1.47. The standard InChI is InChI=1S/C12H16O/c1-7-5-10-8-3-2-4-9(8)11(6-7)12(10)13/h8-11H,1-6H2/t8-,9+,10+,11-. The van der Waals surface area contributed by atoms with Crippen molar-refractivity contribution in [3.63, 3.8) is 0 Å². The van der Waals surface area contributed by atoms with Crippen LogP contribution in [0.4, 0.5) is 0 Å². The minimum atomic E-state index is 0.388. The van der Waals surface area contributed by atoms with Crippen LogP contribution in [0, 0.1) is 23.7 Å². The van der Waals surface area contributed by atoms with E-state index in [-0.39, 0.29) is 0 Å². The van der Waals surface area contributed by atoms with Crippen molar-refractivity contribution in [2.75, 3.05) is 0 Å². The van der Waals surface area contributed by atoms with E-state index in [1.807, 2.05) is 0 Å². The minimum absolute atomic E-state index is 0.388. The summed E-state index contributed by atoms with van der Waals surface area (Å²) in [6.45, 7) is 4.06. The van der Waals surface area contributed by atoms with Gasteiger partial charge in [0.15, 0.2) is 0 Å². The number of hydrogen-bond donors (Lipinski definition) is 0. The van der Waals surface area contributed by atoms with E-state index in [2.05, 4.69) is 6.58 Å². The quantitative estimate of drug-likeness (QED) is 0.518. The average Bonchev–Trinajstić information content (AvgIpc) is 2.60. The molecule has 3 aliphatic rings. The average molecular weight is 176 g/mol. The van der Waals surface area contributed by atoms with Crippen LogP contribution in [-0.2, 0) is 4.79 Å². The number of Topliss-reactive ketones (excluding diaryl/α,β-unsaturated/α-hetero) is 1. The van der Waals surface area contributed by atoms with Crippen LogP contribution in [0.3, 0.4) is 0 Å². The summed E-state index contributed by atoms with van der Waals surface area (Å²) >= 11 is 0. The van der Waals surface area contributed by atoms with Gasteiger partial charge in [0, 0.05) is 11.8 Å². The second-order valence-corrected chi connectivity index (χ2v) is 5.03. The topological polar surface area (TPSA) is 17.1 Å². The molecular formula is C12H16O. The molecule has 0 spiro atoms. The van der Waals surface area contributed by atoms with Crippen LogP contribution in [0.2, 0.25) is 0 Å². The lowest BCUT2D eigenvalue weighted by Crippen LogP contribution is -2.23. The zero-order chi connectivity index (χ0) is 9.00. The molecule has 3 fully saturated rings. The third-order valence-electron chi connectivity index (χ3n) is 4.41. The first kappa shape index (κ1) is 7.78. The fourth-order valence-electron chi connectivity index (χ4n) is 3.92. The van der Waals surface area contributed by atoms with E-state index in [9.17, 15) is 4.79 Å². The molecule has 3 saturated carbocycles. The molecule has 0 aliphatic heterocycles. The highest BCUT2D eigenvalue weighted by molar-refractivity contribution is 5.88. The van der Waals surface area contributed by atoms with Gasteiger partial charge in [-0.15, -0.1) is 0 Å². The van der Waals surface area contributed by atoms with Crippen LogP contribution < -0.4 is 0 Å². The molecule has 1 heteroatoms. The first-order chi connectivity index (χ1) is 6.27. The Morgan fingerprint density at radius 1 is 1.08 bits per heavy atom. The summed E-state index contributed by atoms with van der Waals surface area (Å²) in [5, 5.41) is 0. The van der Waals surface area contributed by atoms with Crippen molar-refractivity contribution in [3.05, 3.63) is 12.2 Å². The van der Waals surface area contributed by atoms with Gasteiger partial charge in [0.1, 0.15) is 5.78 Å².